The predicted octanol–water partition coefficient (Wildman–Crippen LogP) is 5.15. The van der Waals surface area contributed by atoms with Crippen molar-refractivity contribution in [1.29, 1.82) is 0 Å². The topological polar surface area (TPSA) is 78.8 Å². The number of aromatic nitrogens is 1. The molecule has 2 unspecified atom stereocenters. The molecule has 1 aromatic heterocycles. The number of piperidine rings is 1. The molecule has 2 saturated heterocycles. The molecule has 0 bridgehead atoms. The first-order chi connectivity index (χ1) is 18.0. The first-order valence-corrected chi connectivity index (χ1v) is 13.4. The van der Waals surface area contributed by atoms with Crippen LogP contribution in [0.4, 0.5) is 0 Å². The van der Waals surface area contributed by atoms with Gasteiger partial charge in [-0.25, -0.2) is 0 Å². The van der Waals surface area contributed by atoms with Gasteiger partial charge in [0.1, 0.15) is 5.76 Å². The first-order valence-electron chi connectivity index (χ1n) is 12.6. The molecule has 2 aromatic rings. The predicted molar refractivity (Wildman–Crippen MR) is 149 cm³/mol. The van der Waals surface area contributed by atoms with Gasteiger partial charge in [0.2, 0.25) is 0 Å². The summed E-state index contributed by atoms with van der Waals surface area (Å²) in [6.07, 6.45) is 9.54. The highest BCUT2D eigenvalue weighted by Gasteiger charge is 2.35. The van der Waals surface area contributed by atoms with Crippen LogP contribution >= 0.6 is 23.2 Å². The van der Waals surface area contributed by atoms with E-state index in [2.05, 4.69) is 44.2 Å². The molecule has 37 heavy (non-hydrogen) atoms. The molecule has 0 radical (unpaired) electrons. The first kappa shape index (κ1) is 27.3. The Hall–Kier alpha value is -2.71. The largest absolute Gasteiger partial charge is 0.492 e. The molecule has 4 rings (SSSR count). The van der Waals surface area contributed by atoms with E-state index in [1.165, 1.54) is 18.0 Å². The molecule has 7 nitrogen and oxygen atoms in total. The van der Waals surface area contributed by atoms with Gasteiger partial charge >= 0.3 is 0 Å². The molecular weight excluding hydrogens is 509 g/mol. The Bertz CT molecular complexity index is 1160. The van der Waals surface area contributed by atoms with Gasteiger partial charge in [0.15, 0.2) is 0 Å². The third-order valence-electron chi connectivity index (χ3n) is 6.74. The monoisotopic (exact) mass is 541 g/mol. The molecule has 2 atom stereocenters. The molecule has 2 aliphatic rings. The molecule has 2 N–H and O–H groups in total. The zero-order valence-electron chi connectivity index (χ0n) is 21.1. The summed E-state index contributed by atoms with van der Waals surface area (Å²) in [7, 11) is 0. The molecule has 0 aliphatic carbocycles. The van der Waals surface area contributed by atoms with E-state index >= 15 is 0 Å². The number of carbonyl (C=O) groups is 1. The number of amides is 1. The van der Waals surface area contributed by atoms with E-state index in [0.717, 1.165) is 55.9 Å². The van der Waals surface area contributed by atoms with Gasteiger partial charge in [-0.15, -0.1) is 0 Å². The average molecular weight is 543 g/mol. The van der Waals surface area contributed by atoms with E-state index in [9.17, 15) is 4.79 Å². The summed E-state index contributed by atoms with van der Waals surface area (Å²) in [5.74, 6) is 0.499. The third kappa shape index (κ3) is 6.79. The van der Waals surface area contributed by atoms with Crippen molar-refractivity contribution in [2.75, 3.05) is 19.7 Å². The third-order valence-corrected chi connectivity index (χ3v) is 7.31. The van der Waals surface area contributed by atoms with Gasteiger partial charge in [-0.3, -0.25) is 19.7 Å². The lowest BCUT2D eigenvalue weighted by atomic mass is 9.95. The lowest BCUT2D eigenvalue weighted by Gasteiger charge is -2.42. The summed E-state index contributed by atoms with van der Waals surface area (Å²) in [5.41, 5.74) is 3.33. The molecule has 3 heterocycles. The number of halogens is 2. The van der Waals surface area contributed by atoms with Crippen LogP contribution in [0.3, 0.4) is 0 Å². The minimum Gasteiger partial charge on any atom is -0.492 e. The SMILES string of the molecule is C=CN=C1/C(=C\C)OCCC1N(Cc1cccc(CNC(=O)c2c(Cl)cncc2Cl)c1)C1CCCNC1. The number of aliphatic imine (C=N–C) groups is 1. The standard InChI is InChI=1S/C28H33Cl2N5O2/c1-3-25-27(33-4-2)24(10-12-37-25)35(21-9-6-11-31-15-21)18-20-8-5-7-19(13-20)14-34-28(36)26-22(29)16-32-17-23(26)30/h3-5,7-8,13,16-17,21,24,31H,2,6,9-12,14-15,18H2,1H3,(H,34,36)/b25-3+,33-27?. The quantitative estimate of drug-likeness (QED) is 0.483. The van der Waals surface area contributed by atoms with Crippen molar-refractivity contribution >= 4 is 34.8 Å². The van der Waals surface area contributed by atoms with Gasteiger partial charge in [-0.2, -0.15) is 0 Å². The normalized spacial score (nSPS) is 22.2. The highest BCUT2D eigenvalue weighted by Crippen LogP contribution is 2.27. The van der Waals surface area contributed by atoms with E-state index in [-0.39, 0.29) is 27.6 Å². The van der Waals surface area contributed by atoms with Crippen molar-refractivity contribution in [3.63, 3.8) is 0 Å². The van der Waals surface area contributed by atoms with Crippen LogP contribution in [0.2, 0.25) is 10.0 Å². The number of nitrogens with one attached hydrogen (secondary N) is 2. The van der Waals surface area contributed by atoms with Gasteiger partial charge in [0.05, 0.1) is 34.0 Å². The summed E-state index contributed by atoms with van der Waals surface area (Å²) in [6.45, 7) is 9.57. The summed E-state index contributed by atoms with van der Waals surface area (Å²) in [5, 5.41) is 6.94. The molecule has 2 aliphatic heterocycles. The Morgan fingerprint density at radius 2 is 2.08 bits per heavy atom. The fourth-order valence-electron chi connectivity index (χ4n) is 5.02. The van der Waals surface area contributed by atoms with E-state index in [1.54, 1.807) is 6.20 Å². The van der Waals surface area contributed by atoms with Crippen LogP contribution in [-0.2, 0) is 17.8 Å². The number of hydrogen-bond donors (Lipinski definition) is 2. The number of pyridine rings is 1. The van der Waals surface area contributed by atoms with Crippen molar-refractivity contribution in [1.82, 2.24) is 20.5 Å². The average Bonchev–Trinajstić information content (AvgIpc) is 2.91. The van der Waals surface area contributed by atoms with Gasteiger partial charge in [-0.1, -0.05) is 54.0 Å². The number of rotatable bonds is 8. The smallest absolute Gasteiger partial charge is 0.254 e. The molecule has 9 heteroatoms. The lowest BCUT2D eigenvalue weighted by molar-refractivity contribution is 0.0945. The highest BCUT2D eigenvalue weighted by atomic mass is 35.5. The van der Waals surface area contributed by atoms with Gasteiger partial charge in [0, 0.05) is 50.7 Å². The molecule has 1 aromatic carbocycles. The van der Waals surface area contributed by atoms with Crippen LogP contribution in [0.15, 0.2) is 66.3 Å². The Kier molecular flexibility index (Phi) is 9.75. The van der Waals surface area contributed by atoms with Crippen molar-refractivity contribution < 1.29 is 9.53 Å². The second kappa shape index (κ2) is 13.2. The zero-order valence-corrected chi connectivity index (χ0v) is 22.6. The van der Waals surface area contributed by atoms with E-state index in [0.29, 0.717) is 19.2 Å². The maximum absolute atomic E-state index is 12.7. The van der Waals surface area contributed by atoms with Crippen LogP contribution in [0, 0.1) is 0 Å². The minimum absolute atomic E-state index is 0.127. The summed E-state index contributed by atoms with van der Waals surface area (Å²) in [4.78, 5) is 23.8. The Labute approximate surface area is 228 Å². The highest BCUT2D eigenvalue weighted by molar-refractivity contribution is 6.39. The van der Waals surface area contributed by atoms with Crippen LogP contribution < -0.4 is 10.6 Å². The Morgan fingerprint density at radius 3 is 2.78 bits per heavy atom. The summed E-state index contributed by atoms with van der Waals surface area (Å²) in [6, 6.07) is 8.81. The zero-order chi connectivity index (χ0) is 26.2. The van der Waals surface area contributed by atoms with Gasteiger partial charge in [-0.05, 0) is 43.5 Å². The molecule has 1 amide bonds. The van der Waals surface area contributed by atoms with Crippen LogP contribution in [0.5, 0.6) is 0 Å². The number of benzene rings is 1. The molecular formula is C28H33Cl2N5O2. The second-order valence-corrected chi connectivity index (χ2v) is 9.97. The van der Waals surface area contributed by atoms with E-state index < -0.39 is 0 Å². The summed E-state index contributed by atoms with van der Waals surface area (Å²) >= 11 is 12.3. The van der Waals surface area contributed by atoms with Gasteiger partial charge < -0.3 is 15.4 Å². The fraction of sp³-hybridized carbons (Fsp3) is 0.393. The molecule has 196 valence electrons. The van der Waals surface area contributed by atoms with Crippen molar-refractivity contribution in [2.24, 2.45) is 4.99 Å². The summed E-state index contributed by atoms with van der Waals surface area (Å²) < 4.78 is 5.91. The van der Waals surface area contributed by atoms with Crippen LogP contribution in [0.25, 0.3) is 0 Å². The molecule has 2 fully saturated rings. The van der Waals surface area contributed by atoms with Crippen LogP contribution in [0.1, 0.15) is 47.7 Å². The van der Waals surface area contributed by atoms with E-state index in [4.69, 9.17) is 27.9 Å². The minimum atomic E-state index is -0.330. The van der Waals surface area contributed by atoms with Gasteiger partial charge in [0.25, 0.3) is 5.91 Å². The maximum Gasteiger partial charge on any atom is 0.254 e. The number of nitrogens with zero attached hydrogens (tertiary/aromatic N) is 3. The number of allylic oxidation sites excluding steroid dienone is 1. The van der Waals surface area contributed by atoms with Crippen molar-refractivity contribution in [3.8, 4) is 0 Å². The Balaban J connectivity index is 1.53. The lowest BCUT2D eigenvalue weighted by Crippen LogP contribution is -2.54. The number of hydrogen-bond acceptors (Lipinski definition) is 6. The maximum atomic E-state index is 12.7. The second-order valence-electron chi connectivity index (χ2n) is 9.16. The number of carbonyl (C=O) groups excluding carboxylic acids is 1. The molecule has 0 saturated carbocycles. The van der Waals surface area contributed by atoms with Crippen molar-refractivity contribution in [3.05, 3.63) is 88.0 Å². The van der Waals surface area contributed by atoms with Crippen LogP contribution in [-0.4, -0.2) is 53.3 Å². The van der Waals surface area contributed by atoms with Crippen molar-refractivity contribution in [2.45, 2.75) is 51.4 Å². The number of ether oxygens (including phenoxy) is 1. The Morgan fingerprint density at radius 1 is 1.30 bits per heavy atom. The molecule has 0 spiro atoms. The fourth-order valence-corrected chi connectivity index (χ4v) is 5.55. The van der Waals surface area contributed by atoms with E-state index in [1.807, 2.05) is 25.1 Å².